The first kappa shape index (κ1) is 19.2. The average Bonchev–Trinajstić information content (AvgIpc) is 3.32. The molecule has 3 aromatic rings. The fourth-order valence-corrected chi connectivity index (χ4v) is 4.44. The monoisotopic (exact) mass is 411 g/mol. The largest absolute Gasteiger partial charge is 0.494 e. The van der Waals surface area contributed by atoms with Crippen molar-refractivity contribution in [3.8, 4) is 11.8 Å². The number of hydrogen-bond acceptors (Lipinski definition) is 8. The molecule has 0 saturated carbocycles. The lowest BCUT2D eigenvalue weighted by Gasteiger charge is -2.32. The number of anilines is 2. The van der Waals surface area contributed by atoms with E-state index in [2.05, 4.69) is 27.3 Å². The fourth-order valence-electron chi connectivity index (χ4n) is 3.29. The van der Waals surface area contributed by atoms with Crippen molar-refractivity contribution in [2.75, 3.05) is 50.6 Å². The van der Waals surface area contributed by atoms with Crippen LogP contribution >= 0.6 is 11.3 Å². The minimum Gasteiger partial charge on any atom is -0.494 e. The summed E-state index contributed by atoms with van der Waals surface area (Å²) in [6, 6.07) is 5.52. The molecule has 2 aromatic heterocycles. The molecule has 29 heavy (non-hydrogen) atoms. The molecule has 0 unspecified atom stereocenters. The van der Waals surface area contributed by atoms with Crippen LogP contribution in [0.2, 0.25) is 0 Å². The van der Waals surface area contributed by atoms with E-state index < -0.39 is 0 Å². The molecule has 1 aliphatic heterocycles. The molecule has 1 aliphatic rings. The Morgan fingerprint density at radius 1 is 1.28 bits per heavy atom. The standard InChI is InChI=1S/C19H21N7O2S/c1-24-6-8-26(9-7-24)19-22-15-14(28-3)5-4-13(16(15)29-19)18(27)23-17-12(10-20)11-21-25(17)2/h4-5,11H,6-9H2,1-3H3,(H,23,27). The lowest BCUT2D eigenvalue weighted by atomic mass is 10.2. The number of nitrogens with one attached hydrogen (secondary N) is 1. The molecule has 10 heteroatoms. The molecule has 1 saturated heterocycles. The van der Waals surface area contributed by atoms with Crippen LogP contribution in [0.15, 0.2) is 18.3 Å². The number of benzene rings is 1. The second kappa shape index (κ2) is 7.69. The number of rotatable bonds is 4. The second-order valence-corrected chi connectivity index (χ2v) is 7.85. The van der Waals surface area contributed by atoms with Crippen LogP contribution in [-0.2, 0) is 7.05 Å². The lowest BCUT2D eigenvalue weighted by molar-refractivity contribution is 0.102. The molecular formula is C19H21N7O2S. The predicted molar refractivity (Wildman–Crippen MR) is 112 cm³/mol. The van der Waals surface area contributed by atoms with Gasteiger partial charge in [-0.15, -0.1) is 0 Å². The zero-order valence-corrected chi connectivity index (χ0v) is 17.3. The van der Waals surface area contributed by atoms with E-state index in [4.69, 9.17) is 9.72 Å². The van der Waals surface area contributed by atoms with E-state index in [0.29, 0.717) is 28.2 Å². The summed E-state index contributed by atoms with van der Waals surface area (Å²) in [6.45, 7) is 3.72. The summed E-state index contributed by atoms with van der Waals surface area (Å²) >= 11 is 1.48. The summed E-state index contributed by atoms with van der Waals surface area (Å²) in [5, 5.41) is 17.0. The lowest BCUT2D eigenvalue weighted by Crippen LogP contribution is -2.44. The van der Waals surface area contributed by atoms with Gasteiger partial charge in [0.2, 0.25) is 0 Å². The van der Waals surface area contributed by atoms with Gasteiger partial charge < -0.3 is 19.9 Å². The predicted octanol–water partition coefficient (Wildman–Crippen LogP) is 1.91. The highest BCUT2D eigenvalue weighted by Gasteiger charge is 2.23. The Labute approximate surface area is 172 Å². The van der Waals surface area contributed by atoms with Crippen molar-refractivity contribution in [1.29, 1.82) is 5.26 Å². The highest BCUT2D eigenvalue weighted by atomic mass is 32.1. The van der Waals surface area contributed by atoms with Gasteiger partial charge in [-0.1, -0.05) is 11.3 Å². The van der Waals surface area contributed by atoms with Crippen molar-refractivity contribution >= 4 is 38.4 Å². The number of amides is 1. The minimum atomic E-state index is -0.314. The Balaban J connectivity index is 1.71. The molecule has 0 radical (unpaired) electrons. The van der Waals surface area contributed by atoms with E-state index in [-0.39, 0.29) is 5.91 Å². The van der Waals surface area contributed by atoms with Crippen molar-refractivity contribution in [3.05, 3.63) is 29.5 Å². The molecule has 150 valence electrons. The zero-order valence-electron chi connectivity index (χ0n) is 16.5. The van der Waals surface area contributed by atoms with E-state index in [1.807, 2.05) is 6.07 Å². The van der Waals surface area contributed by atoms with Gasteiger partial charge in [0.1, 0.15) is 28.7 Å². The molecule has 0 bridgehead atoms. The van der Waals surface area contributed by atoms with Gasteiger partial charge >= 0.3 is 0 Å². The van der Waals surface area contributed by atoms with Crippen LogP contribution in [0.5, 0.6) is 5.75 Å². The molecule has 0 aliphatic carbocycles. The van der Waals surface area contributed by atoms with Gasteiger partial charge in [-0.25, -0.2) is 4.98 Å². The zero-order chi connectivity index (χ0) is 20.5. The first-order chi connectivity index (χ1) is 14.0. The smallest absolute Gasteiger partial charge is 0.258 e. The summed E-state index contributed by atoms with van der Waals surface area (Å²) in [4.78, 5) is 22.3. The third-order valence-electron chi connectivity index (χ3n) is 5.02. The maximum atomic E-state index is 13.0. The molecule has 1 aromatic carbocycles. The quantitative estimate of drug-likeness (QED) is 0.700. The van der Waals surface area contributed by atoms with Crippen molar-refractivity contribution in [2.45, 2.75) is 0 Å². The van der Waals surface area contributed by atoms with Gasteiger partial charge in [-0.3, -0.25) is 9.48 Å². The Hall–Kier alpha value is -3.16. The van der Waals surface area contributed by atoms with E-state index in [0.717, 1.165) is 36.0 Å². The maximum Gasteiger partial charge on any atom is 0.258 e. The number of likely N-dealkylation sites (N-methyl/N-ethyl adjacent to an activating group) is 1. The number of methoxy groups -OCH3 is 1. The molecule has 1 fully saturated rings. The van der Waals surface area contributed by atoms with Gasteiger partial charge in [-0.05, 0) is 19.2 Å². The Bertz CT molecular complexity index is 1110. The minimum absolute atomic E-state index is 0.313. The van der Waals surface area contributed by atoms with Crippen molar-refractivity contribution in [1.82, 2.24) is 19.7 Å². The van der Waals surface area contributed by atoms with Gasteiger partial charge in [0.25, 0.3) is 5.91 Å². The van der Waals surface area contributed by atoms with Crippen LogP contribution in [0.4, 0.5) is 10.9 Å². The summed E-state index contributed by atoms with van der Waals surface area (Å²) in [5.74, 6) is 0.683. The van der Waals surface area contributed by atoms with Gasteiger partial charge in [-0.2, -0.15) is 10.4 Å². The van der Waals surface area contributed by atoms with E-state index in [9.17, 15) is 10.1 Å². The van der Waals surface area contributed by atoms with Crippen molar-refractivity contribution in [3.63, 3.8) is 0 Å². The number of piperazine rings is 1. The second-order valence-electron chi connectivity index (χ2n) is 6.88. The summed E-state index contributed by atoms with van der Waals surface area (Å²) in [7, 11) is 5.38. The SMILES string of the molecule is COc1ccc(C(=O)Nc2c(C#N)cnn2C)c2sc(N3CCN(C)CC3)nc12. The molecule has 9 nitrogen and oxygen atoms in total. The number of hydrogen-bond donors (Lipinski definition) is 1. The average molecular weight is 411 g/mol. The normalized spacial score (nSPS) is 14.8. The Kier molecular flexibility index (Phi) is 5.08. The van der Waals surface area contributed by atoms with Crippen LogP contribution in [0.25, 0.3) is 10.2 Å². The third-order valence-corrected chi connectivity index (χ3v) is 6.17. The highest BCUT2D eigenvalue weighted by molar-refractivity contribution is 7.22. The van der Waals surface area contributed by atoms with Crippen molar-refractivity contribution < 1.29 is 9.53 Å². The number of nitriles is 1. The molecule has 1 N–H and O–H groups in total. The molecule has 1 amide bonds. The number of aromatic nitrogens is 3. The number of thiazole rings is 1. The number of aryl methyl sites for hydroxylation is 1. The van der Waals surface area contributed by atoms with E-state index in [1.165, 1.54) is 22.2 Å². The number of nitrogens with zero attached hydrogens (tertiary/aromatic N) is 6. The number of carbonyl (C=O) groups excluding carboxylic acids is 1. The number of carbonyl (C=O) groups is 1. The molecule has 4 rings (SSSR count). The van der Waals surface area contributed by atoms with E-state index >= 15 is 0 Å². The van der Waals surface area contributed by atoms with Crippen molar-refractivity contribution in [2.24, 2.45) is 7.05 Å². The van der Waals surface area contributed by atoms with Gasteiger partial charge in [0, 0.05) is 33.2 Å². The summed E-state index contributed by atoms with van der Waals surface area (Å²) in [5.41, 5.74) is 1.47. The van der Waals surface area contributed by atoms with E-state index in [1.54, 1.807) is 26.3 Å². The van der Waals surface area contributed by atoms with Crippen LogP contribution < -0.4 is 15.0 Å². The third kappa shape index (κ3) is 3.50. The molecule has 3 heterocycles. The first-order valence-corrected chi connectivity index (χ1v) is 9.98. The Morgan fingerprint density at radius 2 is 2.03 bits per heavy atom. The number of fused-ring (bicyclic) bond motifs is 1. The summed E-state index contributed by atoms with van der Waals surface area (Å²) in [6.07, 6.45) is 1.43. The van der Waals surface area contributed by atoms with Gasteiger partial charge in [0.05, 0.1) is 23.6 Å². The van der Waals surface area contributed by atoms with Crippen LogP contribution in [0.1, 0.15) is 15.9 Å². The first-order valence-electron chi connectivity index (χ1n) is 9.16. The topological polar surface area (TPSA) is 99.3 Å². The van der Waals surface area contributed by atoms with Crippen LogP contribution in [0, 0.1) is 11.3 Å². The van der Waals surface area contributed by atoms with Crippen LogP contribution in [0.3, 0.4) is 0 Å². The fraction of sp³-hybridized carbons (Fsp3) is 0.368. The van der Waals surface area contributed by atoms with Crippen LogP contribution in [-0.4, -0.2) is 65.9 Å². The molecular weight excluding hydrogens is 390 g/mol. The highest BCUT2D eigenvalue weighted by Crippen LogP contribution is 2.37. The van der Waals surface area contributed by atoms with Gasteiger partial charge in [0.15, 0.2) is 5.13 Å². The molecule has 0 atom stereocenters. The molecule has 0 spiro atoms. The maximum absolute atomic E-state index is 13.0. The Morgan fingerprint density at radius 3 is 2.72 bits per heavy atom. The summed E-state index contributed by atoms with van der Waals surface area (Å²) < 4.78 is 7.70. The number of ether oxygens (including phenoxy) is 1.